The molecule has 1 N–H and O–H groups in total. The van der Waals surface area contributed by atoms with E-state index >= 15 is 0 Å². The van der Waals surface area contributed by atoms with Crippen molar-refractivity contribution in [3.8, 4) is 11.5 Å². The van der Waals surface area contributed by atoms with Gasteiger partial charge in [-0.25, -0.2) is 0 Å². The van der Waals surface area contributed by atoms with Gasteiger partial charge in [0.25, 0.3) is 5.91 Å². The lowest BCUT2D eigenvalue weighted by Crippen LogP contribution is -2.21. The number of carbonyl (C=O) groups is 1. The zero-order valence-corrected chi connectivity index (χ0v) is 16.7. The number of halogens is 1. The zero-order valence-electron chi connectivity index (χ0n) is 15.9. The lowest BCUT2D eigenvalue weighted by molar-refractivity contribution is -0.118. The third kappa shape index (κ3) is 5.19. The molecule has 1 unspecified atom stereocenters. The number of hydrogen-bond acceptors (Lipinski definition) is 4. The molecule has 3 aromatic carbocycles. The van der Waals surface area contributed by atoms with Crippen molar-refractivity contribution in [3.63, 3.8) is 0 Å². The molecular formula is C23H22ClNO4. The van der Waals surface area contributed by atoms with Crippen LogP contribution in [0.25, 0.3) is 10.8 Å². The van der Waals surface area contributed by atoms with Crippen LogP contribution in [0.15, 0.2) is 60.7 Å². The molecule has 0 saturated carbocycles. The molecule has 1 atom stereocenters. The molecule has 3 aromatic rings. The van der Waals surface area contributed by atoms with Crippen LogP contribution in [-0.2, 0) is 9.53 Å². The van der Waals surface area contributed by atoms with E-state index in [0.29, 0.717) is 28.8 Å². The highest BCUT2D eigenvalue weighted by Gasteiger charge is 2.17. The Hall–Kier alpha value is -2.76. The number of nitrogens with one attached hydrogen (secondary N) is 1. The lowest BCUT2D eigenvalue weighted by Gasteiger charge is -2.16. The van der Waals surface area contributed by atoms with E-state index in [9.17, 15) is 4.79 Å². The molecule has 1 amide bonds. The summed E-state index contributed by atoms with van der Waals surface area (Å²) in [6.07, 6.45) is 2.12. The third-order valence-corrected chi connectivity index (χ3v) is 4.99. The van der Waals surface area contributed by atoms with Gasteiger partial charge in [0.15, 0.2) is 6.61 Å². The van der Waals surface area contributed by atoms with E-state index in [1.165, 1.54) is 0 Å². The first-order valence-electron chi connectivity index (χ1n) is 9.63. The van der Waals surface area contributed by atoms with Crippen molar-refractivity contribution in [2.45, 2.75) is 18.9 Å². The first-order valence-corrected chi connectivity index (χ1v) is 10.0. The molecule has 0 aliphatic carbocycles. The summed E-state index contributed by atoms with van der Waals surface area (Å²) in [5.74, 6) is 0.908. The van der Waals surface area contributed by atoms with Crippen molar-refractivity contribution in [2.75, 3.05) is 25.1 Å². The van der Waals surface area contributed by atoms with Crippen LogP contribution < -0.4 is 14.8 Å². The van der Waals surface area contributed by atoms with E-state index < -0.39 is 0 Å². The van der Waals surface area contributed by atoms with Crippen molar-refractivity contribution in [3.05, 3.63) is 65.7 Å². The summed E-state index contributed by atoms with van der Waals surface area (Å²) in [5, 5.41) is 5.52. The fourth-order valence-corrected chi connectivity index (χ4v) is 3.45. The first-order chi connectivity index (χ1) is 14.2. The number of amides is 1. The minimum absolute atomic E-state index is 0.0884. The molecule has 0 radical (unpaired) electrons. The molecule has 1 fully saturated rings. The van der Waals surface area contributed by atoms with Crippen LogP contribution in [-0.4, -0.2) is 31.8 Å². The summed E-state index contributed by atoms with van der Waals surface area (Å²) in [7, 11) is 0. The molecule has 0 bridgehead atoms. The van der Waals surface area contributed by atoms with Crippen molar-refractivity contribution in [1.82, 2.24) is 0 Å². The van der Waals surface area contributed by atoms with E-state index in [-0.39, 0.29) is 18.6 Å². The van der Waals surface area contributed by atoms with Crippen molar-refractivity contribution < 1.29 is 19.0 Å². The van der Waals surface area contributed by atoms with Crippen molar-refractivity contribution in [1.29, 1.82) is 0 Å². The summed E-state index contributed by atoms with van der Waals surface area (Å²) >= 11 is 6.09. The molecule has 150 valence electrons. The Morgan fingerprint density at radius 2 is 1.93 bits per heavy atom. The maximum Gasteiger partial charge on any atom is 0.262 e. The van der Waals surface area contributed by atoms with Gasteiger partial charge in [0.1, 0.15) is 18.1 Å². The van der Waals surface area contributed by atoms with Crippen molar-refractivity contribution in [2.24, 2.45) is 0 Å². The largest absolute Gasteiger partial charge is 0.489 e. The highest BCUT2D eigenvalue weighted by Crippen LogP contribution is 2.29. The minimum atomic E-state index is -0.289. The lowest BCUT2D eigenvalue weighted by atomic mass is 10.1. The molecule has 1 heterocycles. The predicted molar refractivity (Wildman–Crippen MR) is 114 cm³/mol. The van der Waals surface area contributed by atoms with E-state index in [0.717, 1.165) is 30.2 Å². The second kappa shape index (κ2) is 9.16. The number of hydrogen-bond donors (Lipinski definition) is 1. The highest BCUT2D eigenvalue weighted by molar-refractivity contribution is 6.31. The smallest absolute Gasteiger partial charge is 0.262 e. The highest BCUT2D eigenvalue weighted by atomic mass is 35.5. The Balaban J connectivity index is 1.37. The molecular weight excluding hydrogens is 390 g/mol. The summed E-state index contributed by atoms with van der Waals surface area (Å²) < 4.78 is 17.1. The molecule has 4 rings (SSSR count). The Kier molecular flexibility index (Phi) is 6.17. The van der Waals surface area contributed by atoms with Gasteiger partial charge in [-0.2, -0.15) is 0 Å². The van der Waals surface area contributed by atoms with Gasteiger partial charge in [-0.3, -0.25) is 4.79 Å². The third-order valence-electron chi connectivity index (χ3n) is 4.76. The Morgan fingerprint density at radius 3 is 2.76 bits per heavy atom. The number of rotatable bonds is 7. The van der Waals surface area contributed by atoms with Crippen LogP contribution in [0.2, 0.25) is 5.02 Å². The van der Waals surface area contributed by atoms with Gasteiger partial charge in [0.2, 0.25) is 0 Å². The monoisotopic (exact) mass is 411 g/mol. The van der Waals surface area contributed by atoms with Gasteiger partial charge in [-0.15, -0.1) is 0 Å². The van der Waals surface area contributed by atoms with E-state index in [4.69, 9.17) is 25.8 Å². The molecule has 0 spiro atoms. The number of anilines is 1. The average molecular weight is 412 g/mol. The van der Waals surface area contributed by atoms with Crippen LogP contribution in [0.4, 0.5) is 5.69 Å². The van der Waals surface area contributed by atoms with E-state index in [1.54, 1.807) is 18.2 Å². The number of benzene rings is 3. The fraction of sp³-hybridized carbons (Fsp3) is 0.261. The van der Waals surface area contributed by atoms with Gasteiger partial charge >= 0.3 is 0 Å². The summed E-state index contributed by atoms with van der Waals surface area (Å²) in [6, 6.07) is 18.9. The normalized spacial score (nSPS) is 16.0. The van der Waals surface area contributed by atoms with Gasteiger partial charge in [-0.1, -0.05) is 41.9 Å². The number of ether oxygens (including phenoxy) is 3. The molecule has 1 aliphatic rings. The molecule has 0 aromatic heterocycles. The predicted octanol–water partition coefficient (Wildman–Crippen LogP) is 5.07. The summed E-state index contributed by atoms with van der Waals surface area (Å²) in [6.45, 7) is 1.10. The molecule has 29 heavy (non-hydrogen) atoms. The van der Waals surface area contributed by atoms with Crippen molar-refractivity contribution >= 4 is 34.0 Å². The maximum absolute atomic E-state index is 12.4. The first kappa shape index (κ1) is 19.6. The topological polar surface area (TPSA) is 56.8 Å². The Labute approximate surface area is 174 Å². The Bertz CT molecular complexity index is 1000. The average Bonchev–Trinajstić information content (AvgIpc) is 3.25. The molecule has 1 aliphatic heterocycles. The van der Waals surface area contributed by atoms with Crippen LogP contribution in [0.3, 0.4) is 0 Å². The molecule has 5 nitrogen and oxygen atoms in total. The second-order valence-corrected chi connectivity index (χ2v) is 7.37. The van der Waals surface area contributed by atoms with Crippen LogP contribution in [0, 0.1) is 0 Å². The quantitative estimate of drug-likeness (QED) is 0.589. The number of carbonyl (C=O) groups excluding carboxylic acids is 1. The van der Waals surface area contributed by atoms with Gasteiger partial charge in [-0.05, 0) is 53.9 Å². The standard InChI is InChI=1S/C23H22ClNO4/c24-18-8-10-22(29-14-20-6-3-11-27-20)21(13-18)25-23(26)15-28-19-9-7-16-4-1-2-5-17(16)12-19/h1-2,4-5,7-10,12-13,20H,3,6,11,14-15H2,(H,25,26). The van der Waals surface area contributed by atoms with Gasteiger partial charge < -0.3 is 19.5 Å². The zero-order chi connectivity index (χ0) is 20.1. The SMILES string of the molecule is O=C(COc1ccc2ccccc2c1)Nc1cc(Cl)ccc1OCC1CCCO1. The summed E-state index contributed by atoms with van der Waals surface area (Å²) in [5.41, 5.74) is 0.516. The van der Waals surface area contributed by atoms with Crippen LogP contribution in [0.1, 0.15) is 12.8 Å². The summed E-state index contributed by atoms with van der Waals surface area (Å²) in [4.78, 5) is 12.4. The van der Waals surface area contributed by atoms with Gasteiger partial charge in [0, 0.05) is 11.6 Å². The molecule has 1 saturated heterocycles. The second-order valence-electron chi connectivity index (χ2n) is 6.93. The number of fused-ring (bicyclic) bond motifs is 1. The molecule has 6 heteroatoms. The minimum Gasteiger partial charge on any atom is -0.489 e. The Morgan fingerprint density at radius 1 is 1.07 bits per heavy atom. The van der Waals surface area contributed by atoms with E-state index in [2.05, 4.69) is 5.32 Å². The van der Waals surface area contributed by atoms with E-state index in [1.807, 2.05) is 42.5 Å². The van der Waals surface area contributed by atoms with Crippen LogP contribution in [0.5, 0.6) is 11.5 Å². The maximum atomic E-state index is 12.4. The fourth-order valence-electron chi connectivity index (χ4n) is 3.28. The van der Waals surface area contributed by atoms with Crippen LogP contribution >= 0.6 is 11.6 Å². The van der Waals surface area contributed by atoms with Gasteiger partial charge in [0.05, 0.1) is 11.8 Å².